The quantitative estimate of drug-likeness (QED) is 0.733. The van der Waals surface area contributed by atoms with Crippen LogP contribution in [-0.4, -0.2) is 42.4 Å². The Bertz CT molecular complexity index is 324. The highest BCUT2D eigenvalue weighted by atomic mass is 16.2. The average Bonchev–Trinajstić information content (AvgIpc) is 2.41. The molecule has 102 valence electrons. The highest BCUT2D eigenvalue weighted by molar-refractivity contribution is 5.89. The number of carbonyl (C=O) groups is 2. The molecule has 1 aliphatic heterocycles. The summed E-state index contributed by atoms with van der Waals surface area (Å²) in [5, 5.41) is 2.79. The highest BCUT2D eigenvalue weighted by Crippen LogP contribution is 2.30. The number of nitrogens with two attached hydrogens (primary N) is 1. The zero-order valence-corrected chi connectivity index (χ0v) is 11.0. The third-order valence-electron chi connectivity index (χ3n) is 4.31. The first-order valence-electron chi connectivity index (χ1n) is 6.91. The summed E-state index contributed by atoms with van der Waals surface area (Å²) >= 11 is 0. The van der Waals surface area contributed by atoms with Crippen LogP contribution < -0.4 is 11.1 Å². The number of piperazine rings is 1. The Morgan fingerprint density at radius 1 is 1.39 bits per heavy atom. The molecule has 0 aromatic carbocycles. The fourth-order valence-corrected chi connectivity index (χ4v) is 2.96. The molecule has 1 atom stereocenters. The van der Waals surface area contributed by atoms with Crippen LogP contribution in [0.5, 0.6) is 0 Å². The minimum Gasteiger partial charge on any atom is -0.353 e. The fourth-order valence-electron chi connectivity index (χ4n) is 2.96. The lowest BCUT2D eigenvalue weighted by molar-refractivity contribution is -0.146. The number of rotatable bonds is 2. The average molecular weight is 253 g/mol. The van der Waals surface area contributed by atoms with E-state index in [0.29, 0.717) is 19.0 Å². The Labute approximate surface area is 108 Å². The lowest BCUT2D eigenvalue weighted by Crippen LogP contribution is -2.57. The highest BCUT2D eigenvalue weighted by Gasteiger charge is 2.34. The van der Waals surface area contributed by atoms with Gasteiger partial charge in [0, 0.05) is 19.0 Å². The molecular weight excluding hydrogens is 230 g/mol. The molecular formula is C13H23N3O2. The summed E-state index contributed by atoms with van der Waals surface area (Å²) in [6.45, 7) is 3.75. The zero-order chi connectivity index (χ0) is 13.1. The van der Waals surface area contributed by atoms with Crippen LogP contribution in [0.25, 0.3) is 0 Å². The Balaban J connectivity index is 1.93. The molecule has 2 aliphatic rings. The van der Waals surface area contributed by atoms with Crippen LogP contribution in [0.4, 0.5) is 0 Å². The van der Waals surface area contributed by atoms with Gasteiger partial charge in [0.15, 0.2) is 0 Å². The van der Waals surface area contributed by atoms with Gasteiger partial charge in [0.1, 0.15) is 6.04 Å². The van der Waals surface area contributed by atoms with Crippen molar-refractivity contribution in [3.05, 3.63) is 0 Å². The molecule has 2 rings (SSSR count). The molecule has 1 saturated carbocycles. The smallest absolute Gasteiger partial charge is 0.242 e. The van der Waals surface area contributed by atoms with Crippen LogP contribution in [0.3, 0.4) is 0 Å². The molecule has 2 fully saturated rings. The van der Waals surface area contributed by atoms with Gasteiger partial charge in [0.05, 0.1) is 0 Å². The molecule has 3 N–H and O–H groups in total. The van der Waals surface area contributed by atoms with Crippen molar-refractivity contribution in [2.75, 3.05) is 19.6 Å². The van der Waals surface area contributed by atoms with Crippen LogP contribution in [0, 0.1) is 11.8 Å². The number of nitrogens with zero attached hydrogens (tertiary/aromatic N) is 1. The maximum absolute atomic E-state index is 12.4. The van der Waals surface area contributed by atoms with E-state index >= 15 is 0 Å². The van der Waals surface area contributed by atoms with Crippen molar-refractivity contribution < 1.29 is 9.59 Å². The van der Waals surface area contributed by atoms with Gasteiger partial charge in [-0.3, -0.25) is 9.59 Å². The van der Waals surface area contributed by atoms with Gasteiger partial charge in [-0.25, -0.2) is 0 Å². The van der Waals surface area contributed by atoms with Crippen LogP contribution in [0.1, 0.15) is 32.6 Å². The summed E-state index contributed by atoms with van der Waals surface area (Å²) in [5.74, 6) is 0.801. The van der Waals surface area contributed by atoms with Crippen molar-refractivity contribution in [1.82, 2.24) is 10.2 Å². The zero-order valence-electron chi connectivity index (χ0n) is 11.0. The predicted octanol–water partition coefficient (Wildman–Crippen LogP) is 0.0984. The Morgan fingerprint density at radius 3 is 2.67 bits per heavy atom. The summed E-state index contributed by atoms with van der Waals surface area (Å²) in [7, 11) is 0. The van der Waals surface area contributed by atoms with Crippen LogP contribution >= 0.6 is 0 Å². The molecule has 0 spiro atoms. The molecule has 0 radical (unpaired) electrons. The molecule has 2 amide bonds. The van der Waals surface area contributed by atoms with E-state index in [2.05, 4.69) is 5.32 Å². The van der Waals surface area contributed by atoms with Crippen molar-refractivity contribution in [2.45, 2.75) is 38.6 Å². The number of amides is 2. The molecule has 18 heavy (non-hydrogen) atoms. The molecule has 1 heterocycles. The SMILES string of the molecule is CC1C(=O)NCCN1C(=O)C1CCC(CN)CC1. The largest absolute Gasteiger partial charge is 0.353 e. The Hall–Kier alpha value is -1.10. The van der Waals surface area contributed by atoms with Gasteiger partial charge in [-0.15, -0.1) is 0 Å². The standard InChI is InChI=1S/C13H23N3O2/c1-9-12(17)15-6-7-16(9)13(18)11-4-2-10(8-14)3-5-11/h9-11H,2-8,14H2,1H3,(H,15,17). The molecule has 1 unspecified atom stereocenters. The Kier molecular flexibility index (Phi) is 4.22. The van der Waals surface area contributed by atoms with Crippen molar-refractivity contribution in [3.63, 3.8) is 0 Å². The second-order valence-corrected chi connectivity index (χ2v) is 5.45. The molecule has 5 heteroatoms. The topological polar surface area (TPSA) is 75.4 Å². The van der Waals surface area contributed by atoms with E-state index in [1.807, 2.05) is 0 Å². The summed E-state index contributed by atoms with van der Waals surface area (Å²) < 4.78 is 0. The van der Waals surface area contributed by atoms with Crippen molar-refractivity contribution in [1.29, 1.82) is 0 Å². The van der Waals surface area contributed by atoms with Crippen LogP contribution in [0.15, 0.2) is 0 Å². The number of nitrogens with one attached hydrogen (secondary N) is 1. The Morgan fingerprint density at radius 2 is 2.06 bits per heavy atom. The van der Waals surface area contributed by atoms with E-state index in [9.17, 15) is 9.59 Å². The first-order valence-corrected chi connectivity index (χ1v) is 6.91. The second kappa shape index (κ2) is 5.69. The predicted molar refractivity (Wildman–Crippen MR) is 68.7 cm³/mol. The number of hydrogen-bond donors (Lipinski definition) is 2. The van der Waals surface area contributed by atoms with E-state index in [1.54, 1.807) is 11.8 Å². The summed E-state index contributed by atoms with van der Waals surface area (Å²) in [4.78, 5) is 25.7. The van der Waals surface area contributed by atoms with E-state index in [1.165, 1.54) is 0 Å². The lowest BCUT2D eigenvalue weighted by atomic mass is 9.81. The first kappa shape index (κ1) is 13.3. The molecule has 0 bridgehead atoms. The fraction of sp³-hybridized carbons (Fsp3) is 0.846. The van der Waals surface area contributed by atoms with Gasteiger partial charge in [-0.05, 0) is 45.1 Å². The van der Waals surface area contributed by atoms with Crippen molar-refractivity contribution in [3.8, 4) is 0 Å². The second-order valence-electron chi connectivity index (χ2n) is 5.45. The van der Waals surface area contributed by atoms with Gasteiger partial charge in [0.25, 0.3) is 0 Å². The molecule has 1 aliphatic carbocycles. The van der Waals surface area contributed by atoms with E-state index in [-0.39, 0.29) is 23.8 Å². The normalized spacial score (nSPS) is 33.1. The van der Waals surface area contributed by atoms with Crippen LogP contribution in [0.2, 0.25) is 0 Å². The van der Waals surface area contributed by atoms with E-state index in [4.69, 9.17) is 5.73 Å². The summed E-state index contributed by atoms with van der Waals surface area (Å²) in [5.41, 5.74) is 5.66. The van der Waals surface area contributed by atoms with E-state index < -0.39 is 0 Å². The minimum absolute atomic E-state index is 0.0368. The monoisotopic (exact) mass is 253 g/mol. The van der Waals surface area contributed by atoms with Crippen LogP contribution in [-0.2, 0) is 9.59 Å². The maximum Gasteiger partial charge on any atom is 0.242 e. The lowest BCUT2D eigenvalue weighted by Gasteiger charge is -2.37. The molecule has 0 aromatic heterocycles. The summed E-state index contributed by atoms with van der Waals surface area (Å²) in [6.07, 6.45) is 3.93. The molecule has 1 saturated heterocycles. The van der Waals surface area contributed by atoms with Gasteiger partial charge in [-0.2, -0.15) is 0 Å². The van der Waals surface area contributed by atoms with Gasteiger partial charge in [0.2, 0.25) is 11.8 Å². The van der Waals surface area contributed by atoms with Gasteiger partial charge < -0.3 is 16.0 Å². The van der Waals surface area contributed by atoms with E-state index in [0.717, 1.165) is 32.2 Å². The third kappa shape index (κ3) is 2.66. The third-order valence-corrected chi connectivity index (χ3v) is 4.31. The van der Waals surface area contributed by atoms with Gasteiger partial charge >= 0.3 is 0 Å². The van der Waals surface area contributed by atoms with Gasteiger partial charge in [-0.1, -0.05) is 0 Å². The molecule has 5 nitrogen and oxygen atoms in total. The summed E-state index contributed by atoms with van der Waals surface area (Å²) in [6, 6.07) is -0.321. The number of carbonyl (C=O) groups excluding carboxylic acids is 2. The van der Waals surface area contributed by atoms with Crippen molar-refractivity contribution >= 4 is 11.8 Å². The number of hydrogen-bond acceptors (Lipinski definition) is 3. The minimum atomic E-state index is -0.321. The first-order chi connectivity index (χ1) is 8.63. The molecule has 0 aromatic rings. The maximum atomic E-state index is 12.4. The van der Waals surface area contributed by atoms with Crippen molar-refractivity contribution in [2.24, 2.45) is 17.6 Å².